The maximum Gasteiger partial charge on any atom is 0.248 e. The highest BCUT2D eigenvalue weighted by Gasteiger charge is 2.09. The van der Waals surface area contributed by atoms with Gasteiger partial charge >= 0.3 is 0 Å². The molecule has 0 aliphatic rings. The van der Waals surface area contributed by atoms with Crippen molar-refractivity contribution in [1.82, 2.24) is 10.2 Å². The Bertz CT molecular complexity index is 462. The van der Waals surface area contributed by atoms with Gasteiger partial charge in [0.25, 0.3) is 0 Å². The van der Waals surface area contributed by atoms with E-state index in [4.69, 9.17) is 4.74 Å². The van der Waals surface area contributed by atoms with E-state index in [-0.39, 0.29) is 5.91 Å². The van der Waals surface area contributed by atoms with E-state index < -0.39 is 0 Å². The van der Waals surface area contributed by atoms with Gasteiger partial charge in [0.15, 0.2) is 0 Å². The number of carbonyl (C=O) groups excluding carboxylic acids is 1. The lowest BCUT2D eigenvalue weighted by atomic mass is 10.1. The SMILES string of the molecule is CCCN/C(=C\C(=O)N(CC)CC)c1ccc(OC)cc1. The standard InChI is InChI=1S/C17H26N2O2/c1-5-12-18-16(13-17(20)19(6-2)7-3)14-8-10-15(21-4)11-9-14/h8-11,13,18H,5-7,12H2,1-4H3/b16-13-. The predicted molar refractivity (Wildman–Crippen MR) is 87.2 cm³/mol. The summed E-state index contributed by atoms with van der Waals surface area (Å²) in [5.74, 6) is 0.845. The summed E-state index contributed by atoms with van der Waals surface area (Å²) in [5.41, 5.74) is 1.85. The molecule has 21 heavy (non-hydrogen) atoms. The van der Waals surface area contributed by atoms with E-state index in [1.807, 2.05) is 38.1 Å². The first-order chi connectivity index (χ1) is 10.2. The van der Waals surface area contributed by atoms with Gasteiger partial charge in [-0.3, -0.25) is 4.79 Å². The number of amides is 1. The number of ether oxygens (including phenoxy) is 1. The highest BCUT2D eigenvalue weighted by molar-refractivity contribution is 5.94. The third-order valence-electron chi connectivity index (χ3n) is 3.31. The molecule has 0 aliphatic carbocycles. The summed E-state index contributed by atoms with van der Waals surface area (Å²) in [6, 6.07) is 7.73. The van der Waals surface area contributed by atoms with Crippen molar-refractivity contribution < 1.29 is 9.53 Å². The second-order valence-corrected chi connectivity index (χ2v) is 4.72. The number of benzene rings is 1. The monoisotopic (exact) mass is 290 g/mol. The summed E-state index contributed by atoms with van der Waals surface area (Å²) >= 11 is 0. The molecule has 1 aromatic carbocycles. The third kappa shape index (κ3) is 5.14. The largest absolute Gasteiger partial charge is 0.497 e. The Labute approximate surface area is 127 Å². The maximum absolute atomic E-state index is 12.3. The van der Waals surface area contributed by atoms with Gasteiger partial charge in [0.2, 0.25) is 5.91 Å². The third-order valence-corrected chi connectivity index (χ3v) is 3.31. The summed E-state index contributed by atoms with van der Waals surface area (Å²) in [5, 5.41) is 3.33. The molecule has 4 heteroatoms. The van der Waals surface area contributed by atoms with Crippen LogP contribution in [0.15, 0.2) is 30.3 Å². The molecule has 1 amide bonds. The van der Waals surface area contributed by atoms with E-state index in [0.717, 1.165) is 43.1 Å². The van der Waals surface area contributed by atoms with Crippen LogP contribution >= 0.6 is 0 Å². The number of carbonyl (C=O) groups is 1. The summed E-state index contributed by atoms with van der Waals surface area (Å²) in [7, 11) is 1.64. The number of likely N-dealkylation sites (N-methyl/N-ethyl adjacent to an activating group) is 1. The summed E-state index contributed by atoms with van der Waals surface area (Å²) < 4.78 is 5.17. The van der Waals surface area contributed by atoms with Crippen molar-refractivity contribution in [3.8, 4) is 5.75 Å². The Hall–Kier alpha value is -1.97. The maximum atomic E-state index is 12.3. The van der Waals surface area contributed by atoms with Crippen LogP contribution in [0.1, 0.15) is 32.8 Å². The molecule has 1 aromatic rings. The lowest BCUT2D eigenvalue weighted by Crippen LogP contribution is -2.30. The first kappa shape index (κ1) is 17.1. The molecule has 116 valence electrons. The molecule has 0 atom stereocenters. The molecule has 0 heterocycles. The molecule has 1 rings (SSSR count). The van der Waals surface area contributed by atoms with Crippen molar-refractivity contribution in [2.45, 2.75) is 27.2 Å². The molecule has 0 spiro atoms. The molecule has 0 saturated carbocycles. The molecule has 0 radical (unpaired) electrons. The first-order valence-corrected chi connectivity index (χ1v) is 7.55. The number of rotatable bonds is 8. The Morgan fingerprint density at radius 3 is 2.29 bits per heavy atom. The van der Waals surface area contributed by atoms with Gasteiger partial charge in [-0.05, 0) is 50.1 Å². The van der Waals surface area contributed by atoms with E-state index in [1.165, 1.54) is 0 Å². The number of hydrogen-bond acceptors (Lipinski definition) is 3. The minimum absolute atomic E-state index is 0.0365. The molecule has 0 aliphatic heterocycles. The van der Waals surface area contributed by atoms with Gasteiger partial charge in [-0.25, -0.2) is 0 Å². The van der Waals surface area contributed by atoms with Gasteiger partial charge in [0, 0.05) is 31.4 Å². The van der Waals surface area contributed by atoms with Crippen LogP contribution in [0.25, 0.3) is 5.70 Å². The molecule has 4 nitrogen and oxygen atoms in total. The quantitative estimate of drug-likeness (QED) is 0.749. The fourth-order valence-electron chi connectivity index (χ4n) is 2.02. The minimum atomic E-state index is 0.0365. The molecule has 1 N–H and O–H groups in total. The normalized spacial score (nSPS) is 11.1. The molecule has 0 bridgehead atoms. The number of hydrogen-bond donors (Lipinski definition) is 1. The first-order valence-electron chi connectivity index (χ1n) is 7.55. The van der Waals surface area contributed by atoms with Crippen LogP contribution in [0.2, 0.25) is 0 Å². The molecule has 0 saturated heterocycles. The lowest BCUT2D eigenvalue weighted by Gasteiger charge is -2.18. The van der Waals surface area contributed by atoms with Crippen LogP contribution < -0.4 is 10.1 Å². The van der Waals surface area contributed by atoms with Crippen LogP contribution in [0.4, 0.5) is 0 Å². The predicted octanol–water partition coefficient (Wildman–Crippen LogP) is 2.90. The highest BCUT2D eigenvalue weighted by Crippen LogP contribution is 2.17. The molecule has 0 aromatic heterocycles. The molecular formula is C17H26N2O2. The average molecular weight is 290 g/mol. The van der Waals surface area contributed by atoms with Crippen molar-refractivity contribution >= 4 is 11.6 Å². The van der Waals surface area contributed by atoms with Gasteiger partial charge in [0.05, 0.1) is 7.11 Å². The zero-order valence-corrected chi connectivity index (χ0v) is 13.5. The smallest absolute Gasteiger partial charge is 0.248 e. The Morgan fingerprint density at radius 1 is 1.19 bits per heavy atom. The van der Waals surface area contributed by atoms with Crippen molar-refractivity contribution in [1.29, 1.82) is 0 Å². The Morgan fingerprint density at radius 2 is 1.81 bits per heavy atom. The van der Waals surface area contributed by atoms with Crippen LogP contribution in [0.5, 0.6) is 5.75 Å². The van der Waals surface area contributed by atoms with E-state index in [9.17, 15) is 4.79 Å². The van der Waals surface area contributed by atoms with Gasteiger partial charge in [0.1, 0.15) is 5.75 Å². The summed E-state index contributed by atoms with van der Waals surface area (Å²) in [6.07, 6.45) is 2.69. The average Bonchev–Trinajstić information content (AvgIpc) is 2.52. The molecule has 0 unspecified atom stereocenters. The van der Waals surface area contributed by atoms with E-state index in [2.05, 4.69) is 12.2 Å². The lowest BCUT2D eigenvalue weighted by molar-refractivity contribution is -0.125. The highest BCUT2D eigenvalue weighted by atomic mass is 16.5. The second kappa shape index (κ2) is 9.06. The topological polar surface area (TPSA) is 41.6 Å². The van der Waals surface area contributed by atoms with E-state index in [0.29, 0.717) is 0 Å². The van der Waals surface area contributed by atoms with Gasteiger partial charge in [-0.1, -0.05) is 6.92 Å². The zero-order valence-electron chi connectivity index (χ0n) is 13.5. The van der Waals surface area contributed by atoms with E-state index >= 15 is 0 Å². The van der Waals surface area contributed by atoms with Gasteiger partial charge in [-0.2, -0.15) is 0 Å². The van der Waals surface area contributed by atoms with Crippen molar-refractivity contribution in [3.63, 3.8) is 0 Å². The Balaban J connectivity index is 3.00. The molecular weight excluding hydrogens is 264 g/mol. The zero-order chi connectivity index (χ0) is 15.7. The van der Waals surface area contributed by atoms with Crippen LogP contribution in [0, 0.1) is 0 Å². The summed E-state index contributed by atoms with van der Waals surface area (Å²) in [4.78, 5) is 14.1. The molecule has 0 fully saturated rings. The minimum Gasteiger partial charge on any atom is -0.497 e. The fraction of sp³-hybridized carbons (Fsp3) is 0.471. The number of nitrogens with one attached hydrogen (secondary N) is 1. The van der Waals surface area contributed by atoms with Gasteiger partial charge < -0.3 is 15.0 Å². The van der Waals surface area contributed by atoms with E-state index in [1.54, 1.807) is 18.1 Å². The van der Waals surface area contributed by atoms with Crippen molar-refractivity contribution in [3.05, 3.63) is 35.9 Å². The second-order valence-electron chi connectivity index (χ2n) is 4.72. The van der Waals surface area contributed by atoms with Crippen LogP contribution in [0.3, 0.4) is 0 Å². The van der Waals surface area contributed by atoms with Crippen LogP contribution in [-0.4, -0.2) is 37.6 Å². The van der Waals surface area contributed by atoms with Crippen LogP contribution in [-0.2, 0) is 4.79 Å². The Kier molecular flexibility index (Phi) is 7.37. The number of nitrogens with zero attached hydrogens (tertiary/aromatic N) is 1. The summed E-state index contributed by atoms with van der Waals surface area (Å²) in [6.45, 7) is 8.35. The van der Waals surface area contributed by atoms with Crippen molar-refractivity contribution in [2.24, 2.45) is 0 Å². The number of methoxy groups -OCH3 is 1. The van der Waals surface area contributed by atoms with Crippen molar-refractivity contribution in [2.75, 3.05) is 26.7 Å². The van der Waals surface area contributed by atoms with Gasteiger partial charge in [-0.15, -0.1) is 0 Å². The fourth-order valence-corrected chi connectivity index (χ4v) is 2.02.